The van der Waals surface area contributed by atoms with Gasteiger partial charge in [-0.2, -0.15) is 5.26 Å². The Labute approximate surface area is 159 Å². The molecule has 1 aromatic heterocycles. The first-order valence-electron chi connectivity index (χ1n) is 7.28. The minimum Gasteiger partial charge on any atom is -0.495 e. The normalized spacial score (nSPS) is 11.2. The number of methoxy groups -OCH3 is 1. The van der Waals surface area contributed by atoms with Gasteiger partial charge >= 0.3 is 0 Å². The van der Waals surface area contributed by atoms with E-state index < -0.39 is 0 Å². The third-order valence-electron chi connectivity index (χ3n) is 3.47. The zero-order valence-electron chi connectivity index (χ0n) is 13.2. The molecule has 0 amide bonds. The van der Waals surface area contributed by atoms with Crippen molar-refractivity contribution in [1.82, 2.24) is 4.98 Å². The third-order valence-corrected chi connectivity index (χ3v) is 4.84. The Morgan fingerprint density at radius 3 is 2.68 bits per heavy atom. The monoisotopic (exact) mass is 386 g/mol. The lowest BCUT2D eigenvalue weighted by Crippen LogP contribution is -1.90. The summed E-state index contributed by atoms with van der Waals surface area (Å²) in [6, 6.07) is 15.3. The number of hydrogen-bond donors (Lipinski definition) is 0. The Morgan fingerprint density at radius 2 is 2.00 bits per heavy atom. The summed E-state index contributed by atoms with van der Waals surface area (Å²) in [6.07, 6.45) is 1.68. The Bertz CT molecular complexity index is 975. The van der Waals surface area contributed by atoms with Crippen molar-refractivity contribution in [3.05, 3.63) is 68.5 Å². The van der Waals surface area contributed by atoms with E-state index in [1.807, 2.05) is 35.7 Å². The molecule has 25 heavy (non-hydrogen) atoms. The predicted octanol–water partition coefficient (Wildman–Crippen LogP) is 6.19. The molecule has 0 unspecified atom stereocenters. The number of nitriles is 1. The van der Waals surface area contributed by atoms with E-state index in [2.05, 4.69) is 11.1 Å². The fraction of sp³-hybridized carbons (Fsp3) is 0.0526. The van der Waals surface area contributed by atoms with Crippen molar-refractivity contribution < 1.29 is 4.74 Å². The summed E-state index contributed by atoms with van der Waals surface area (Å²) in [5.74, 6) is 0.471. The smallest absolute Gasteiger partial charge is 0.144 e. The van der Waals surface area contributed by atoms with Crippen LogP contribution in [0, 0.1) is 11.3 Å². The van der Waals surface area contributed by atoms with Gasteiger partial charge in [0, 0.05) is 21.5 Å². The van der Waals surface area contributed by atoms with E-state index >= 15 is 0 Å². The lowest BCUT2D eigenvalue weighted by Gasteiger charge is -2.08. The summed E-state index contributed by atoms with van der Waals surface area (Å²) in [6.45, 7) is 0. The Morgan fingerprint density at radius 1 is 1.24 bits per heavy atom. The van der Waals surface area contributed by atoms with Crippen LogP contribution >= 0.6 is 34.5 Å². The minimum atomic E-state index is 0.391. The summed E-state index contributed by atoms with van der Waals surface area (Å²) < 4.78 is 5.33. The van der Waals surface area contributed by atoms with Crippen LogP contribution in [0.3, 0.4) is 0 Å². The SMILES string of the molecule is COc1c(Cl)cc(Cl)cc1C=C(C#N)c1nc(-c2ccccc2)cs1. The zero-order chi connectivity index (χ0) is 17.8. The molecule has 0 aliphatic heterocycles. The molecule has 3 aromatic rings. The lowest BCUT2D eigenvalue weighted by molar-refractivity contribution is 0.414. The standard InChI is InChI=1S/C19H12Cl2N2OS/c1-24-18-13(8-15(20)9-16(18)21)7-14(10-22)19-23-17(11-25-19)12-5-3-2-4-6-12/h2-9,11H,1H3. The molecule has 3 rings (SSSR count). The van der Waals surface area contributed by atoms with Crippen molar-refractivity contribution >= 4 is 46.2 Å². The minimum absolute atomic E-state index is 0.391. The van der Waals surface area contributed by atoms with Crippen LogP contribution in [-0.2, 0) is 0 Å². The first kappa shape index (κ1) is 17.5. The van der Waals surface area contributed by atoms with Crippen molar-refractivity contribution in [2.24, 2.45) is 0 Å². The van der Waals surface area contributed by atoms with Crippen LogP contribution in [0.2, 0.25) is 10.0 Å². The molecule has 124 valence electrons. The van der Waals surface area contributed by atoms with Crippen LogP contribution in [0.25, 0.3) is 22.9 Å². The molecule has 0 spiro atoms. The van der Waals surface area contributed by atoms with E-state index in [9.17, 15) is 5.26 Å². The number of allylic oxidation sites excluding steroid dienone is 1. The molecular weight excluding hydrogens is 375 g/mol. The highest BCUT2D eigenvalue weighted by atomic mass is 35.5. The third kappa shape index (κ3) is 3.85. The maximum atomic E-state index is 9.56. The molecule has 0 radical (unpaired) electrons. The van der Waals surface area contributed by atoms with Crippen LogP contribution in [0.4, 0.5) is 0 Å². The van der Waals surface area contributed by atoms with E-state index in [1.54, 1.807) is 18.2 Å². The second-order valence-corrected chi connectivity index (χ2v) is 6.79. The van der Waals surface area contributed by atoms with Crippen LogP contribution in [0.5, 0.6) is 5.75 Å². The summed E-state index contributed by atoms with van der Waals surface area (Å²) >= 11 is 13.6. The van der Waals surface area contributed by atoms with Gasteiger partial charge in [0.15, 0.2) is 0 Å². The molecule has 0 N–H and O–H groups in total. The van der Waals surface area contributed by atoms with E-state index in [1.165, 1.54) is 18.4 Å². The molecule has 1 heterocycles. The lowest BCUT2D eigenvalue weighted by atomic mass is 10.1. The quantitative estimate of drug-likeness (QED) is 0.502. The average Bonchev–Trinajstić information content (AvgIpc) is 3.10. The average molecular weight is 387 g/mol. The number of aromatic nitrogens is 1. The summed E-state index contributed by atoms with van der Waals surface area (Å²) in [5, 5.41) is 13.0. The van der Waals surface area contributed by atoms with Gasteiger partial charge in [0.25, 0.3) is 0 Å². The van der Waals surface area contributed by atoms with Crippen LogP contribution in [0.1, 0.15) is 10.6 Å². The van der Waals surface area contributed by atoms with Crippen molar-refractivity contribution in [2.45, 2.75) is 0 Å². The predicted molar refractivity (Wildman–Crippen MR) is 104 cm³/mol. The van der Waals surface area contributed by atoms with Gasteiger partial charge in [-0.15, -0.1) is 11.3 Å². The van der Waals surface area contributed by atoms with E-state index in [-0.39, 0.29) is 0 Å². The number of thiazole rings is 1. The van der Waals surface area contributed by atoms with E-state index in [0.29, 0.717) is 31.9 Å². The zero-order valence-corrected chi connectivity index (χ0v) is 15.5. The first-order valence-corrected chi connectivity index (χ1v) is 8.92. The number of hydrogen-bond acceptors (Lipinski definition) is 4. The molecule has 2 aromatic carbocycles. The van der Waals surface area contributed by atoms with Gasteiger partial charge in [-0.3, -0.25) is 0 Å². The highest BCUT2D eigenvalue weighted by molar-refractivity contribution is 7.11. The fourth-order valence-corrected chi connectivity index (χ4v) is 3.72. The highest BCUT2D eigenvalue weighted by Crippen LogP contribution is 2.35. The van der Waals surface area contributed by atoms with Crippen molar-refractivity contribution in [3.63, 3.8) is 0 Å². The molecule has 0 bridgehead atoms. The van der Waals surface area contributed by atoms with Gasteiger partial charge in [-0.05, 0) is 18.2 Å². The van der Waals surface area contributed by atoms with Crippen LogP contribution < -0.4 is 4.74 Å². The Kier molecular flexibility index (Phi) is 5.40. The molecule has 0 aliphatic rings. The highest BCUT2D eigenvalue weighted by Gasteiger charge is 2.13. The van der Waals surface area contributed by atoms with Gasteiger partial charge in [-0.1, -0.05) is 53.5 Å². The Hall–Kier alpha value is -2.32. The van der Waals surface area contributed by atoms with E-state index in [4.69, 9.17) is 27.9 Å². The molecular formula is C19H12Cl2N2OS. The molecule has 0 saturated carbocycles. The molecule has 3 nitrogen and oxygen atoms in total. The van der Waals surface area contributed by atoms with Gasteiger partial charge in [0.2, 0.25) is 0 Å². The summed E-state index contributed by atoms with van der Waals surface area (Å²) in [5.41, 5.74) is 2.89. The van der Waals surface area contributed by atoms with Gasteiger partial charge < -0.3 is 4.74 Å². The van der Waals surface area contributed by atoms with Crippen LogP contribution in [0.15, 0.2) is 47.8 Å². The molecule has 0 aliphatic carbocycles. The summed E-state index contributed by atoms with van der Waals surface area (Å²) in [7, 11) is 1.52. The van der Waals surface area contributed by atoms with Gasteiger partial charge in [0.05, 0.1) is 23.4 Å². The second-order valence-electron chi connectivity index (χ2n) is 5.08. The Balaban J connectivity index is 2.03. The number of nitrogens with zero attached hydrogens (tertiary/aromatic N) is 2. The van der Waals surface area contributed by atoms with Crippen molar-refractivity contribution in [1.29, 1.82) is 5.26 Å². The number of ether oxygens (including phenoxy) is 1. The van der Waals surface area contributed by atoms with Crippen molar-refractivity contribution in [2.75, 3.05) is 7.11 Å². The largest absolute Gasteiger partial charge is 0.495 e. The maximum absolute atomic E-state index is 9.56. The number of rotatable bonds is 4. The topological polar surface area (TPSA) is 45.9 Å². The number of benzene rings is 2. The molecule has 0 saturated heterocycles. The molecule has 0 fully saturated rings. The van der Waals surface area contributed by atoms with Crippen LogP contribution in [-0.4, -0.2) is 12.1 Å². The van der Waals surface area contributed by atoms with Crippen molar-refractivity contribution in [3.8, 4) is 23.1 Å². The molecule has 0 atom stereocenters. The second kappa shape index (κ2) is 7.71. The number of halogens is 2. The maximum Gasteiger partial charge on any atom is 0.144 e. The summed E-state index contributed by atoms with van der Waals surface area (Å²) in [4.78, 5) is 4.57. The molecule has 6 heteroatoms. The first-order chi connectivity index (χ1) is 12.1. The van der Waals surface area contributed by atoms with E-state index in [0.717, 1.165) is 11.3 Å². The van der Waals surface area contributed by atoms with Gasteiger partial charge in [0.1, 0.15) is 16.8 Å². The van der Waals surface area contributed by atoms with Gasteiger partial charge in [-0.25, -0.2) is 4.98 Å². The fourth-order valence-electron chi connectivity index (χ4n) is 2.34.